The van der Waals surface area contributed by atoms with Gasteiger partial charge in [0, 0.05) is 33.8 Å². The average molecular weight is 377 g/mol. The lowest BCUT2D eigenvalue weighted by atomic mass is 9.83. The van der Waals surface area contributed by atoms with E-state index in [1.807, 2.05) is 42.5 Å². The SMILES string of the molecule is CCC(CC)NC1(Cc2cccc(Cl)c2)C(=O)Nc2cc(Cl)ccc21. The lowest BCUT2D eigenvalue weighted by Gasteiger charge is -2.33. The van der Waals surface area contributed by atoms with Crippen LogP contribution in [-0.2, 0) is 16.8 Å². The quantitative estimate of drug-likeness (QED) is 0.730. The van der Waals surface area contributed by atoms with Crippen LogP contribution in [0.25, 0.3) is 0 Å². The Labute approximate surface area is 158 Å². The Balaban J connectivity index is 2.08. The van der Waals surface area contributed by atoms with Crippen molar-refractivity contribution in [1.29, 1.82) is 0 Å². The van der Waals surface area contributed by atoms with Gasteiger partial charge < -0.3 is 5.32 Å². The van der Waals surface area contributed by atoms with Crippen molar-refractivity contribution in [2.45, 2.75) is 44.7 Å². The van der Waals surface area contributed by atoms with E-state index < -0.39 is 5.54 Å². The minimum Gasteiger partial charge on any atom is -0.324 e. The maximum absolute atomic E-state index is 13.1. The largest absolute Gasteiger partial charge is 0.324 e. The van der Waals surface area contributed by atoms with E-state index in [1.54, 1.807) is 0 Å². The molecule has 0 saturated carbocycles. The van der Waals surface area contributed by atoms with Crippen LogP contribution in [0.15, 0.2) is 42.5 Å². The van der Waals surface area contributed by atoms with Crippen molar-refractivity contribution >= 4 is 34.8 Å². The minimum atomic E-state index is -0.818. The number of hydrogen-bond donors (Lipinski definition) is 2. The monoisotopic (exact) mass is 376 g/mol. The van der Waals surface area contributed by atoms with Crippen molar-refractivity contribution in [3.8, 4) is 0 Å². The van der Waals surface area contributed by atoms with Gasteiger partial charge >= 0.3 is 0 Å². The minimum absolute atomic E-state index is 0.0448. The Bertz CT molecular complexity index is 789. The van der Waals surface area contributed by atoms with E-state index >= 15 is 0 Å². The van der Waals surface area contributed by atoms with Crippen molar-refractivity contribution < 1.29 is 4.79 Å². The fourth-order valence-corrected chi connectivity index (χ4v) is 3.89. The topological polar surface area (TPSA) is 41.1 Å². The second kappa shape index (κ2) is 7.36. The summed E-state index contributed by atoms with van der Waals surface area (Å²) in [5, 5.41) is 7.91. The maximum Gasteiger partial charge on any atom is 0.249 e. The molecular formula is C20H22Cl2N2O. The molecule has 0 radical (unpaired) electrons. The summed E-state index contributed by atoms with van der Waals surface area (Å²) in [4.78, 5) is 13.1. The maximum atomic E-state index is 13.1. The van der Waals surface area contributed by atoms with Crippen molar-refractivity contribution in [3.63, 3.8) is 0 Å². The lowest BCUT2D eigenvalue weighted by Crippen LogP contribution is -2.53. The molecule has 3 nitrogen and oxygen atoms in total. The number of nitrogens with one attached hydrogen (secondary N) is 2. The summed E-state index contributed by atoms with van der Waals surface area (Å²) in [5.74, 6) is -0.0448. The standard InChI is InChI=1S/C20H22Cl2N2O/c1-3-16(4-2)24-20(12-13-6-5-7-14(21)10-13)17-9-8-15(22)11-18(17)23-19(20)25/h5-11,16,24H,3-4,12H2,1-2H3,(H,23,25). The van der Waals surface area contributed by atoms with Gasteiger partial charge in [-0.2, -0.15) is 0 Å². The molecule has 0 bridgehead atoms. The van der Waals surface area contributed by atoms with Crippen LogP contribution in [0.4, 0.5) is 5.69 Å². The van der Waals surface area contributed by atoms with Crippen LogP contribution in [-0.4, -0.2) is 11.9 Å². The Kier molecular flexibility index (Phi) is 5.38. The van der Waals surface area contributed by atoms with Gasteiger partial charge in [-0.05, 0) is 42.7 Å². The van der Waals surface area contributed by atoms with E-state index in [4.69, 9.17) is 23.2 Å². The second-order valence-corrected chi connectivity index (χ2v) is 7.39. The third-order valence-corrected chi connectivity index (χ3v) is 5.34. The van der Waals surface area contributed by atoms with E-state index in [1.165, 1.54) is 0 Å². The zero-order valence-electron chi connectivity index (χ0n) is 14.4. The molecule has 1 amide bonds. The van der Waals surface area contributed by atoms with Crippen molar-refractivity contribution in [3.05, 3.63) is 63.6 Å². The Morgan fingerprint density at radius 2 is 1.80 bits per heavy atom. The molecule has 2 N–H and O–H groups in total. The molecule has 2 aromatic rings. The number of carbonyl (C=O) groups excluding carboxylic acids is 1. The van der Waals surface area contributed by atoms with Crippen molar-refractivity contribution in [1.82, 2.24) is 5.32 Å². The van der Waals surface area contributed by atoms with Gasteiger partial charge in [0.25, 0.3) is 0 Å². The van der Waals surface area contributed by atoms with Crippen molar-refractivity contribution in [2.75, 3.05) is 5.32 Å². The molecule has 0 fully saturated rings. The van der Waals surface area contributed by atoms with E-state index in [0.717, 1.165) is 29.7 Å². The zero-order valence-corrected chi connectivity index (χ0v) is 15.9. The third kappa shape index (κ3) is 3.55. The molecule has 5 heteroatoms. The highest BCUT2D eigenvalue weighted by Crippen LogP contribution is 2.40. The summed E-state index contributed by atoms with van der Waals surface area (Å²) in [6.07, 6.45) is 2.43. The van der Waals surface area contributed by atoms with E-state index in [9.17, 15) is 4.79 Å². The molecule has 0 spiro atoms. The Hall–Kier alpha value is -1.55. The number of fused-ring (bicyclic) bond motifs is 1. The van der Waals surface area contributed by atoms with Gasteiger partial charge in [-0.1, -0.05) is 55.2 Å². The van der Waals surface area contributed by atoms with Gasteiger partial charge in [0.15, 0.2) is 0 Å². The average Bonchev–Trinajstić information content (AvgIpc) is 2.83. The summed E-state index contributed by atoms with van der Waals surface area (Å²) in [7, 11) is 0. The zero-order chi connectivity index (χ0) is 18.0. The molecule has 25 heavy (non-hydrogen) atoms. The van der Waals surface area contributed by atoms with E-state index in [2.05, 4.69) is 24.5 Å². The Morgan fingerprint density at radius 1 is 1.08 bits per heavy atom. The predicted octanol–water partition coefficient (Wildman–Crippen LogP) is 5.16. The van der Waals surface area contributed by atoms with Crippen LogP contribution >= 0.6 is 23.2 Å². The lowest BCUT2D eigenvalue weighted by molar-refractivity contribution is -0.122. The van der Waals surface area contributed by atoms with Crippen LogP contribution in [0.5, 0.6) is 0 Å². The Morgan fingerprint density at radius 3 is 2.48 bits per heavy atom. The van der Waals surface area contributed by atoms with Crippen molar-refractivity contribution in [2.24, 2.45) is 0 Å². The number of halogens is 2. The number of anilines is 1. The molecule has 1 heterocycles. The smallest absolute Gasteiger partial charge is 0.249 e. The summed E-state index contributed by atoms with van der Waals surface area (Å²) < 4.78 is 0. The second-order valence-electron chi connectivity index (χ2n) is 6.51. The molecule has 1 aliphatic rings. The molecule has 2 aromatic carbocycles. The summed E-state index contributed by atoms with van der Waals surface area (Å²) in [6.45, 7) is 4.26. The molecule has 3 rings (SSSR count). The van der Waals surface area contributed by atoms with Gasteiger partial charge in [-0.25, -0.2) is 0 Å². The number of carbonyl (C=O) groups is 1. The highest BCUT2D eigenvalue weighted by Gasteiger charge is 2.47. The molecule has 1 aliphatic heterocycles. The molecular weight excluding hydrogens is 355 g/mol. The highest BCUT2D eigenvalue weighted by molar-refractivity contribution is 6.31. The van der Waals surface area contributed by atoms with Crippen LogP contribution < -0.4 is 10.6 Å². The molecule has 0 aromatic heterocycles. The molecule has 132 valence electrons. The molecule has 0 saturated heterocycles. The predicted molar refractivity (Wildman–Crippen MR) is 104 cm³/mol. The number of hydrogen-bond acceptors (Lipinski definition) is 2. The third-order valence-electron chi connectivity index (χ3n) is 4.87. The number of benzene rings is 2. The van der Waals surface area contributed by atoms with Gasteiger partial charge in [-0.3, -0.25) is 10.1 Å². The fourth-order valence-electron chi connectivity index (χ4n) is 3.51. The molecule has 1 atom stereocenters. The van der Waals surface area contributed by atoms with Crippen LogP contribution in [0.3, 0.4) is 0 Å². The first kappa shape index (κ1) is 18.2. The first-order valence-electron chi connectivity index (χ1n) is 8.62. The van der Waals surface area contributed by atoms with Crippen LogP contribution in [0.1, 0.15) is 37.8 Å². The number of rotatable bonds is 6. The highest BCUT2D eigenvalue weighted by atomic mass is 35.5. The van der Waals surface area contributed by atoms with Gasteiger partial charge in [0.05, 0.1) is 0 Å². The summed E-state index contributed by atoms with van der Waals surface area (Å²) in [5.41, 5.74) is 1.91. The van der Waals surface area contributed by atoms with Gasteiger partial charge in [0.1, 0.15) is 5.54 Å². The normalized spacial score (nSPS) is 19.2. The fraction of sp³-hybridized carbons (Fsp3) is 0.350. The van der Waals surface area contributed by atoms with Gasteiger partial charge in [0.2, 0.25) is 5.91 Å². The first-order valence-corrected chi connectivity index (χ1v) is 9.37. The molecule has 0 aliphatic carbocycles. The van der Waals surface area contributed by atoms with E-state index in [-0.39, 0.29) is 11.9 Å². The number of amides is 1. The summed E-state index contributed by atoms with van der Waals surface area (Å²) in [6, 6.07) is 13.5. The van der Waals surface area contributed by atoms with Gasteiger partial charge in [-0.15, -0.1) is 0 Å². The molecule has 1 unspecified atom stereocenters. The van der Waals surface area contributed by atoms with Crippen LogP contribution in [0, 0.1) is 0 Å². The van der Waals surface area contributed by atoms with E-state index in [0.29, 0.717) is 16.5 Å². The van der Waals surface area contributed by atoms with Crippen LogP contribution in [0.2, 0.25) is 10.0 Å². The first-order chi connectivity index (χ1) is 12.0. The summed E-state index contributed by atoms with van der Waals surface area (Å²) >= 11 is 12.3.